The molecule has 0 radical (unpaired) electrons. The first-order chi connectivity index (χ1) is 11.1. The van der Waals surface area contributed by atoms with Gasteiger partial charge in [-0.1, -0.05) is 11.6 Å². The zero-order chi connectivity index (χ0) is 16.2. The first-order valence-corrected chi connectivity index (χ1v) is 8.25. The summed E-state index contributed by atoms with van der Waals surface area (Å²) in [6.07, 6.45) is 5.73. The molecule has 0 amide bonds. The Balaban J connectivity index is 1.50. The summed E-state index contributed by atoms with van der Waals surface area (Å²) in [6.45, 7) is 5.61. The van der Waals surface area contributed by atoms with Crippen LogP contribution in [-0.2, 0) is 20.1 Å². The van der Waals surface area contributed by atoms with Gasteiger partial charge in [0.25, 0.3) is 0 Å². The normalized spacial score (nSPS) is 16.0. The monoisotopic (exact) mass is 334 g/mol. The van der Waals surface area contributed by atoms with E-state index in [2.05, 4.69) is 32.1 Å². The molecule has 0 spiro atoms. The summed E-state index contributed by atoms with van der Waals surface area (Å²) in [7, 11) is 4.14. The highest BCUT2D eigenvalue weighted by atomic mass is 35.5. The minimum absolute atomic E-state index is 0.742. The maximum absolute atomic E-state index is 5.99. The smallest absolute Gasteiger partial charge is 0.225 e. The quantitative estimate of drug-likeness (QED) is 0.898. The highest BCUT2D eigenvalue weighted by molar-refractivity contribution is 6.30. The van der Waals surface area contributed by atoms with Crippen molar-refractivity contribution in [3.05, 3.63) is 40.9 Å². The number of halogens is 1. The molecule has 3 heterocycles. The van der Waals surface area contributed by atoms with Crippen molar-refractivity contribution >= 4 is 17.5 Å². The van der Waals surface area contributed by atoms with E-state index >= 15 is 0 Å². The van der Waals surface area contributed by atoms with E-state index in [4.69, 9.17) is 11.6 Å². The molecule has 0 aromatic carbocycles. The summed E-state index contributed by atoms with van der Waals surface area (Å²) in [5.41, 5.74) is 2.24. The molecule has 3 rings (SSSR count). The SMILES string of the molecule is CN1CCN(c2ncc(CNCc3cc(Cl)cn3C)cn2)CC1. The van der Waals surface area contributed by atoms with Gasteiger partial charge >= 0.3 is 0 Å². The molecule has 0 aliphatic carbocycles. The standard InChI is InChI=1S/C16H23ClN6/c1-21-3-5-23(6-4-21)16-19-9-13(10-20-16)8-18-11-15-7-14(17)12-22(15)2/h7,9-10,12,18H,3-6,8,11H2,1-2H3. The molecule has 23 heavy (non-hydrogen) atoms. The number of aromatic nitrogens is 3. The highest BCUT2D eigenvalue weighted by Crippen LogP contribution is 2.13. The summed E-state index contributed by atoms with van der Waals surface area (Å²) >= 11 is 5.99. The first-order valence-electron chi connectivity index (χ1n) is 7.87. The molecule has 2 aromatic heterocycles. The number of aryl methyl sites for hydroxylation is 1. The van der Waals surface area contributed by atoms with Gasteiger partial charge < -0.3 is 19.7 Å². The van der Waals surface area contributed by atoms with Crippen LogP contribution in [0, 0.1) is 0 Å². The molecule has 0 atom stereocenters. The predicted molar refractivity (Wildman–Crippen MR) is 92.7 cm³/mol. The minimum Gasteiger partial charge on any atom is -0.352 e. The summed E-state index contributed by atoms with van der Waals surface area (Å²) in [5, 5.41) is 4.16. The second kappa shape index (κ2) is 7.29. The predicted octanol–water partition coefficient (Wildman–Crippen LogP) is 1.51. The molecule has 1 saturated heterocycles. The van der Waals surface area contributed by atoms with Gasteiger partial charge in [-0.3, -0.25) is 0 Å². The van der Waals surface area contributed by atoms with Crippen molar-refractivity contribution in [2.75, 3.05) is 38.1 Å². The van der Waals surface area contributed by atoms with E-state index in [1.54, 1.807) is 0 Å². The Morgan fingerprint density at radius 1 is 1.09 bits per heavy atom. The number of anilines is 1. The molecule has 1 aliphatic heterocycles. The van der Waals surface area contributed by atoms with Gasteiger partial charge in [0.2, 0.25) is 5.95 Å². The van der Waals surface area contributed by atoms with Crippen LogP contribution in [0.4, 0.5) is 5.95 Å². The molecule has 7 heteroatoms. The molecule has 1 fully saturated rings. The van der Waals surface area contributed by atoms with Crippen LogP contribution in [0.1, 0.15) is 11.3 Å². The van der Waals surface area contributed by atoms with Crippen LogP contribution in [0.15, 0.2) is 24.7 Å². The molecule has 0 saturated carbocycles. The van der Waals surface area contributed by atoms with Crippen molar-refractivity contribution < 1.29 is 0 Å². The van der Waals surface area contributed by atoms with Crippen molar-refractivity contribution in [1.82, 2.24) is 24.8 Å². The van der Waals surface area contributed by atoms with Gasteiger partial charge in [-0.15, -0.1) is 0 Å². The first kappa shape index (κ1) is 16.2. The Kier molecular flexibility index (Phi) is 5.15. The van der Waals surface area contributed by atoms with Gasteiger partial charge in [-0.05, 0) is 13.1 Å². The van der Waals surface area contributed by atoms with Crippen molar-refractivity contribution in [3.63, 3.8) is 0 Å². The third-order valence-electron chi connectivity index (χ3n) is 4.19. The van der Waals surface area contributed by atoms with E-state index in [-0.39, 0.29) is 0 Å². The molecule has 0 unspecified atom stereocenters. The molecule has 1 aliphatic rings. The van der Waals surface area contributed by atoms with Gasteiger partial charge in [0.1, 0.15) is 0 Å². The number of hydrogen-bond donors (Lipinski definition) is 1. The van der Waals surface area contributed by atoms with Crippen LogP contribution >= 0.6 is 11.6 Å². The number of hydrogen-bond acceptors (Lipinski definition) is 5. The fourth-order valence-electron chi connectivity index (χ4n) is 2.69. The molecule has 2 aromatic rings. The third kappa shape index (κ3) is 4.22. The minimum atomic E-state index is 0.742. The van der Waals surface area contributed by atoms with Crippen molar-refractivity contribution in [1.29, 1.82) is 0 Å². The van der Waals surface area contributed by atoms with Crippen LogP contribution in [-0.4, -0.2) is 52.7 Å². The van der Waals surface area contributed by atoms with Crippen LogP contribution < -0.4 is 10.2 Å². The van der Waals surface area contributed by atoms with Crippen molar-refractivity contribution in [2.45, 2.75) is 13.1 Å². The zero-order valence-corrected chi connectivity index (χ0v) is 14.4. The van der Waals surface area contributed by atoms with Crippen LogP contribution in [0.5, 0.6) is 0 Å². The van der Waals surface area contributed by atoms with E-state index in [0.29, 0.717) is 0 Å². The maximum Gasteiger partial charge on any atom is 0.225 e. The average molecular weight is 335 g/mol. The topological polar surface area (TPSA) is 49.2 Å². The number of nitrogens with one attached hydrogen (secondary N) is 1. The van der Waals surface area contributed by atoms with Crippen molar-refractivity contribution in [3.8, 4) is 0 Å². The molecule has 124 valence electrons. The summed E-state index contributed by atoms with van der Waals surface area (Å²) in [5.74, 6) is 0.830. The van der Waals surface area contributed by atoms with E-state index in [9.17, 15) is 0 Å². The Morgan fingerprint density at radius 3 is 2.39 bits per heavy atom. The fourth-order valence-corrected chi connectivity index (χ4v) is 2.96. The Bertz CT molecular complexity index is 631. The summed E-state index contributed by atoms with van der Waals surface area (Å²) in [4.78, 5) is 13.6. The largest absolute Gasteiger partial charge is 0.352 e. The van der Waals surface area contributed by atoms with Gasteiger partial charge in [0, 0.05) is 76.2 Å². The van der Waals surface area contributed by atoms with Crippen LogP contribution in [0.25, 0.3) is 0 Å². The van der Waals surface area contributed by atoms with Gasteiger partial charge in [-0.25, -0.2) is 9.97 Å². The van der Waals surface area contributed by atoms with E-state index < -0.39 is 0 Å². The Morgan fingerprint density at radius 2 is 1.78 bits per heavy atom. The van der Waals surface area contributed by atoms with E-state index in [0.717, 1.165) is 61.5 Å². The lowest BCUT2D eigenvalue weighted by Crippen LogP contribution is -2.45. The van der Waals surface area contributed by atoms with Gasteiger partial charge in [0.05, 0.1) is 5.02 Å². The lowest BCUT2D eigenvalue weighted by molar-refractivity contribution is 0.311. The second-order valence-corrected chi connectivity index (χ2v) is 6.48. The molecule has 1 N–H and O–H groups in total. The summed E-state index contributed by atoms with van der Waals surface area (Å²) < 4.78 is 2.03. The lowest BCUT2D eigenvalue weighted by atomic mass is 10.3. The molecular formula is C16H23ClN6. The number of nitrogens with zero attached hydrogens (tertiary/aromatic N) is 5. The van der Waals surface area contributed by atoms with E-state index in [1.165, 1.54) is 0 Å². The Hall–Kier alpha value is -1.63. The highest BCUT2D eigenvalue weighted by Gasteiger charge is 2.15. The third-order valence-corrected chi connectivity index (χ3v) is 4.39. The lowest BCUT2D eigenvalue weighted by Gasteiger charge is -2.32. The zero-order valence-electron chi connectivity index (χ0n) is 13.7. The number of piperazine rings is 1. The Labute approximate surface area is 142 Å². The second-order valence-electron chi connectivity index (χ2n) is 6.05. The average Bonchev–Trinajstić information content (AvgIpc) is 2.87. The molecule has 6 nitrogen and oxygen atoms in total. The van der Waals surface area contributed by atoms with E-state index in [1.807, 2.05) is 36.3 Å². The van der Waals surface area contributed by atoms with Crippen LogP contribution in [0.3, 0.4) is 0 Å². The van der Waals surface area contributed by atoms with Crippen LogP contribution in [0.2, 0.25) is 5.02 Å². The fraction of sp³-hybridized carbons (Fsp3) is 0.500. The van der Waals surface area contributed by atoms with Gasteiger partial charge in [-0.2, -0.15) is 0 Å². The molecule has 0 bridgehead atoms. The number of rotatable bonds is 5. The maximum atomic E-state index is 5.99. The van der Waals surface area contributed by atoms with Crippen molar-refractivity contribution in [2.24, 2.45) is 7.05 Å². The number of likely N-dealkylation sites (N-methyl/N-ethyl adjacent to an activating group) is 1. The summed E-state index contributed by atoms with van der Waals surface area (Å²) in [6, 6.07) is 1.97. The molecular weight excluding hydrogens is 312 g/mol. The van der Waals surface area contributed by atoms with Gasteiger partial charge in [0.15, 0.2) is 0 Å².